The van der Waals surface area contributed by atoms with Gasteiger partial charge in [0.2, 0.25) is 0 Å². The van der Waals surface area contributed by atoms with E-state index in [1.54, 1.807) is 0 Å². The van der Waals surface area contributed by atoms with Crippen molar-refractivity contribution in [3.8, 4) is 0 Å². The maximum absolute atomic E-state index is 9.85. The fourth-order valence-electron chi connectivity index (χ4n) is 0.358. The summed E-state index contributed by atoms with van der Waals surface area (Å²) in [5.74, 6) is -2.03. The van der Waals surface area contributed by atoms with E-state index in [-0.39, 0.29) is 59.1 Å². The van der Waals surface area contributed by atoms with Crippen LogP contribution in [0.5, 0.6) is 0 Å². The van der Waals surface area contributed by atoms with Crippen LogP contribution in [0.2, 0.25) is 0 Å². The van der Waals surface area contributed by atoms with E-state index in [9.17, 15) is 28.0 Å². The topological polar surface area (TPSA) is 195 Å². The fourth-order valence-corrected chi connectivity index (χ4v) is 3.22. The minimum Gasteiger partial charge on any atom is -0.801 e. The molecule has 0 aromatic rings. The van der Waals surface area contributed by atoms with Gasteiger partial charge in [-0.2, -0.15) is 0 Å². The Bertz CT molecular complexity index is 312. The molecule has 0 spiro atoms. The zero-order chi connectivity index (χ0) is 13.6. The summed E-state index contributed by atoms with van der Waals surface area (Å²) in [6.07, 6.45) is 0. The van der Waals surface area contributed by atoms with E-state index < -0.39 is 43.1 Å². The normalized spacial score (nSPS) is 14.1. The minimum absolute atomic E-state index is 0. The summed E-state index contributed by atoms with van der Waals surface area (Å²) in [5.41, 5.74) is 0. The molecule has 16 heteroatoms. The predicted octanol–water partition coefficient (Wildman–Crippen LogP) is -8.08. The van der Waals surface area contributed by atoms with Crippen molar-refractivity contribution >= 4 is 31.2 Å². The number of hydrogen-bond acceptors (Lipinski definition) is 6. The van der Waals surface area contributed by atoms with Gasteiger partial charge in [0.25, 0.3) is 0 Å². The van der Waals surface area contributed by atoms with Crippen molar-refractivity contribution in [1.29, 1.82) is 0 Å². The third-order valence-corrected chi connectivity index (χ3v) is 5.91. The van der Waals surface area contributed by atoms with Gasteiger partial charge in [0.15, 0.2) is 5.90 Å². The molecule has 0 rings (SSSR count). The van der Waals surface area contributed by atoms with Crippen molar-refractivity contribution in [1.82, 2.24) is 0 Å². The van der Waals surface area contributed by atoms with Crippen LogP contribution in [0.15, 0.2) is 0 Å². The molecule has 0 bridgehead atoms. The third kappa shape index (κ3) is 36.3. The molecular weight excluding hydrogens is 354 g/mol. The van der Waals surface area contributed by atoms with Crippen LogP contribution >= 0.6 is 31.2 Å². The van der Waals surface area contributed by atoms with Crippen molar-refractivity contribution in [2.75, 3.05) is 11.8 Å². The van der Waals surface area contributed by atoms with Crippen LogP contribution in [-0.2, 0) is 18.3 Å². The smallest absolute Gasteiger partial charge is 0.801 e. The first-order valence-electron chi connectivity index (χ1n) is 3.32. The van der Waals surface area contributed by atoms with Gasteiger partial charge in [-0.05, 0) is 0 Å². The van der Waals surface area contributed by atoms with Crippen LogP contribution in [0.1, 0.15) is 0 Å². The van der Waals surface area contributed by atoms with Crippen LogP contribution in [0.4, 0.5) is 0 Å². The van der Waals surface area contributed by atoms with Crippen LogP contribution in [0, 0.1) is 0 Å². The molecule has 0 heterocycles. The van der Waals surface area contributed by atoms with E-state index in [2.05, 4.69) is 0 Å². The molecule has 0 radical (unpaired) electrons. The zero-order valence-electron chi connectivity index (χ0n) is 9.55. The van der Waals surface area contributed by atoms with Gasteiger partial charge in [-0.15, -0.1) is 0 Å². The second-order valence-corrected chi connectivity index (χ2v) is 9.08. The van der Waals surface area contributed by atoms with Crippen molar-refractivity contribution in [2.45, 2.75) is 0 Å². The summed E-state index contributed by atoms with van der Waals surface area (Å²) in [4.78, 5) is 50.9. The van der Waals surface area contributed by atoms with Gasteiger partial charge in [-0.1, -0.05) is 0 Å². The molecule has 10 nitrogen and oxygen atoms in total. The molecular formula is C2H10Na2O10P4. The maximum Gasteiger partial charge on any atom is 1.00 e. The van der Waals surface area contributed by atoms with E-state index >= 15 is 0 Å². The van der Waals surface area contributed by atoms with Gasteiger partial charge in [0.1, 0.15) is 0 Å². The Kier molecular flexibility index (Phi) is 21.4. The molecule has 0 aromatic carbocycles. The quantitative estimate of drug-likeness (QED) is 0.275. The Morgan fingerprint density at radius 2 is 1.06 bits per heavy atom. The van der Waals surface area contributed by atoms with Crippen molar-refractivity contribution in [3.05, 3.63) is 0 Å². The maximum atomic E-state index is 9.85. The molecule has 0 aliphatic rings. The van der Waals surface area contributed by atoms with E-state index in [4.69, 9.17) is 19.6 Å². The molecule has 2 atom stereocenters. The Balaban J connectivity index is -0.000000100. The molecule has 0 saturated heterocycles. The largest absolute Gasteiger partial charge is 1.00 e. The van der Waals surface area contributed by atoms with Crippen molar-refractivity contribution in [2.24, 2.45) is 0 Å². The Labute approximate surface area is 148 Å². The average molecular weight is 364 g/mol. The molecule has 0 fully saturated rings. The zero-order valence-corrected chi connectivity index (χ0v) is 17.3. The van der Waals surface area contributed by atoms with Gasteiger partial charge in [-0.3, -0.25) is 9.13 Å². The first-order chi connectivity index (χ1) is 6.83. The van der Waals surface area contributed by atoms with E-state index in [0.29, 0.717) is 0 Å². The van der Waals surface area contributed by atoms with E-state index in [1.165, 1.54) is 0 Å². The third-order valence-electron chi connectivity index (χ3n) is 0.657. The molecule has 0 saturated carbocycles. The average Bonchev–Trinajstić information content (AvgIpc) is 1.72. The summed E-state index contributed by atoms with van der Waals surface area (Å²) in [7, 11) is -15.1. The molecule has 18 heavy (non-hydrogen) atoms. The van der Waals surface area contributed by atoms with Crippen LogP contribution < -0.4 is 68.9 Å². The second-order valence-electron chi connectivity index (χ2n) is 2.39. The van der Waals surface area contributed by atoms with Gasteiger partial charge >= 0.3 is 74.3 Å². The second kappa shape index (κ2) is 13.4. The number of hydrogen-bond donors (Lipinski definition) is 4. The van der Waals surface area contributed by atoms with E-state index in [0.717, 1.165) is 0 Å². The summed E-state index contributed by atoms with van der Waals surface area (Å²) in [5, 5.41) is 0. The van der Waals surface area contributed by atoms with Crippen molar-refractivity contribution < 1.29 is 107 Å². The molecule has 0 amide bonds. The van der Waals surface area contributed by atoms with Gasteiger partial charge < -0.3 is 38.5 Å². The van der Waals surface area contributed by atoms with Gasteiger partial charge in [0.05, 0.1) is 0 Å². The Morgan fingerprint density at radius 1 is 0.833 bits per heavy atom. The monoisotopic (exact) mass is 364 g/mol. The molecule has 0 aliphatic carbocycles. The molecule has 0 aromatic heterocycles. The summed E-state index contributed by atoms with van der Waals surface area (Å²) in [6, 6.07) is 0. The summed E-state index contributed by atoms with van der Waals surface area (Å²) < 4.78 is 38.7. The first-order valence-corrected chi connectivity index (χ1v) is 9.96. The van der Waals surface area contributed by atoms with Crippen LogP contribution in [-0.4, -0.2) is 31.4 Å². The SMILES string of the molecule is O=P(O)(O)CP(=O)(O)O.O=[PH]([O-])C[PH](=O)[O-].[Na+].[Na+]. The number of rotatable bonds is 4. The van der Waals surface area contributed by atoms with Crippen LogP contribution in [0.3, 0.4) is 0 Å². The summed E-state index contributed by atoms with van der Waals surface area (Å²) in [6.45, 7) is 0. The molecule has 0 aliphatic heterocycles. The molecule has 100 valence electrons. The molecule has 4 N–H and O–H groups in total. The Morgan fingerprint density at radius 3 is 1.06 bits per heavy atom. The minimum atomic E-state index is -4.55. The summed E-state index contributed by atoms with van der Waals surface area (Å²) >= 11 is 0. The standard InChI is InChI=1S/CH6O6P2.CH6O4P2.2Na/c2-8(3,4)1-9(5,6)7;2-6(3)1-7(4)5;;/h1H2,(H2,2,3,4)(H2,5,6,7);6-7H,1H2,(H,2,3)(H,4,5);;/q;;2*+1/p-2. The fraction of sp³-hybridized carbons (Fsp3) is 1.00. The predicted molar refractivity (Wildman–Crippen MR) is 51.8 cm³/mol. The van der Waals surface area contributed by atoms with Gasteiger partial charge in [-0.25, -0.2) is 0 Å². The molecule has 2 unspecified atom stereocenters. The van der Waals surface area contributed by atoms with Crippen molar-refractivity contribution in [3.63, 3.8) is 0 Å². The van der Waals surface area contributed by atoms with E-state index in [1.807, 2.05) is 0 Å². The Hall–Kier alpha value is 2.68. The van der Waals surface area contributed by atoms with Crippen LogP contribution in [0.25, 0.3) is 0 Å². The van der Waals surface area contributed by atoms with Gasteiger partial charge in [0, 0.05) is 22.0 Å². The first kappa shape index (κ1) is 28.8.